The van der Waals surface area contributed by atoms with Crippen molar-refractivity contribution in [2.24, 2.45) is 5.92 Å². The highest BCUT2D eigenvalue weighted by atomic mass is 16.5. The number of rotatable bonds is 3. The molecule has 2 rings (SSSR count). The van der Waals surface area contributed by atoms with Gasteiger partial charge in [-0.25, -0.2) is 0 Å². The molecule has 2 atom stereocenters. The molecule has 0 aliphatic carbocycles. The van der Waals surface area contributed by atoms with E-state index in [0.717, 1.165) is 18.6 Å². The molecule has 0 saturated carbocycles. The molecule has 2 N–H and O–H groups in total. The van der Waals surface area contributed by atoms with Crippen molar-refractivity contribution in [2.45, 2.75) is 26.4 Å². The van der Waals surface area contributed by atoms with Crippen molar-refractivity contribution in [3.05, 3.63) is 29.3 Å². The summed E-state index contributed by atoms with van der Waals surface area (Å²) in [6.07, 6.45) is 1.21. The largest absolute Gasteiger partial charge is 0.508 e. The molecule has 4 nitrogen and oxygen atoms in total. The summed E-state index contributed by atoms with van der Waals surface area (Å²) in [6.45, 7) is 5.27. The van der Waals surface area contributed by atoms with E-state index in [1.54, 1.807) is 12.1 Å². The minimum Gasteiger partial charge on any atom is -0.508 e. The van der Waals surface area contributed by atoms with Gasteiger partial charge in [-0.2, -0.15) is 0 Å². The highest BCUT2D eigenvalue weighted by molar-refractivity contribution is 5.95. The van der Waals surface area contributed by atoms with Gasteiger partial charge in [-0.1, -0.05) is 0 Å². The number of carbonyl (C=O) groups is 1. The summed E-state index contributed by atoms with van der Waals surface area (Å²) in [6, 6.07) is 4.77. The lowest BCUT2D eigenvalue weighted by Crippen LogP contribution is -2.32. The van der Waals surface area contributed by atoms with E-state index < -0.39 is 0 Å². The molecule has 0 spiro atoms. The smallest absolute Gasteiger partial charge is 0.251 e. The zero-order valence-corrected chi connectivity index (χ0v) is 10.8. The summed E-state index contributed by atoms with van der Waals surface area (Å²) in [4.78, 5) is 12.0. The van der Waals surface area contributed by atoms with Crippen LogP contribution in [-0.4, -0.2) is 30.3 Å². The van der Waals surface area contributed by atoms with E-state index in [2.05, 4.69) is 5.32 Å². The minimum absolute atomic E-state index is 0.0911. The maximum atomic E-state index is 12.0. The molecule has 0 radical (unpaired) electrons. The highest BCUT2D eigenvalue weighted by Gasteiger charge is 2.24. The molecule has 1 aliphatic rings. The molecule has 1 saturated heterocycles. The Morgan fingerprint density at radius 2 is 2.33 bits per heavy atom. The number of amides is 1. The monoisotopic (exact) mass is 249 g/mol. The third kappa shape index (κ3) is 2.82. The van der Waals surface area contributed by atoms with Gasteiger partial charge in [0.15, 0.2) is 0 Å². The van der Waals surface area contributed by atoms with Gasteiger partial charge < -0.3 is 15.2 Å². The zero-order valence-electron chi connectivity index (χ0n) is 10.8. The summed E-state index contributed by atoms with van der Waals surface area (Å²) in [5.41, 5.74) is 1.39. The van der Waals surface area contributed by atoms with Gasteiger partial charge in [-0.05, 0) is 44.0 Å². The fraction of sp³-hybridized carbons (Fsp3) is 0.500. The topological polar surface area (TPSA) is 58.6 Å². The lowest BCUT2D eigenvalue weighted by molar-refractivity contribution is 0.0907. The van der Waals surface area contributed by atoms with Crippen molar-refractivity contribution in [1.29, 1.82) is 0 Å². The number of ether oxygens (including phenoxy) is 1. The normalized spacial score (nSPS) is 23.0. The number of hydrogen-bond donors (Lipinski definition) is 2. The van der Waals surface area contributed by atoms with E-state index in [-0.39, 0.29) is 17.8 Å². The second-order valence-electron chi connectivity index (χ2n) is 4.83. The van der Waals surface area contributed by atoms with Crippen LogP contribution in [0.3, 0.4) is 0 Å². The number of benzene rings is 1. The first-order valence-corrected chi connectivity index (χ1v) is 6.27. The number of nitrogens with one attached hydrogen (secondary N) is 1. The van der Waals surface area contributed by atoms with E-state index in [1.807, 2.05) is 13.8 Å². The molecule has 1 heterocycles. The second kappa shape index (κ2) is 5.40. The van der Waals surface area contributed by atoms with Crippen molar-refractivity contribution >= 4 is 5.91 Å². The van der Waals surface area contributed by atoms with Crippen LogP contribution in [0.5, 0.6) is 5.75 Å². The molecule has 1 aromatic rings. The van der Waals surface area contributed by atoms with E-state index >= 15 is 0 Å². The number of carbonyl (C=O) groups excluding carboxylic acids is 1. The molecule has 1 fully saturated rings. The standard InChI is InChI=1S/C14H19NO3/c1-9-7-12(16)3-4-13(9)14(17)15-8-11-5-6-18-10(11)2/h3-4,7,10-11,16H,5-6,8H2,1-2H3,(H,15,17). The lowest BCUT2D eigenvalue weighted by Gasteiger charge is -2.15. The van der Waals surface area contributed by atoms with E-state index in [1.165, 1.54) is 6.07 Å². The summed E-state index contributed by atoms with van der Waals surface area (Å²) in [5, 5.41) is 12.2. The average molecular weight is 249 g/mol. The SMILES string of the molecule is Cc1cc(O)ccc1C(=O)NCC1CCOC1C. The molecule has 1 aromatic carbocycles. The Labute approximate surface area is 107 Å². The summed E-state index contributed by atoms with van der Waals surface area (Å²) in [7, 11) is 0. The van der Waals surface area contributed by atoms with Crippen LogP contribution in [-0.2, 0) is 4.74 Å². The quantitative estimate of drug-likeness (QED) is 0.859. The molecular formula is C14H19NO3. The Morgan fingerprint density at radius 3 is 2.94 bits per heavy atom. The van der Waals surface area contributed by atoms with Crippen LogP contribution in [0.1, 0.15) is 29.3 Å². The van der Waals surface area contributed by atoms with Crippen LogP contribution in [0.15, 0.2) is 18.2 Å². The molecule has 18 heavy (non-hydrogen) atoms. The fourth-order valence-electron chi connectivity index (χ4n) is 2.27. The first kappa shape index (κ1) is 12.9. The van der Waals surface area contributed by atoms with Gasteiger partial charge >= 0.3 is 0 Å². The predicted molar refractivity (Wildman–Crippen MR) is 68.7 cm³/mol. The number of phenols is 1. The molecule has 0 bridgehead atoms. The molecular weight excluding hydrogens is 230 g/mol. The van der Waals surface area contributed by atoms with Crippen LogP contribution >= 0.6 is 0 Å². The maximum absolute atomic E-state index is 12.0. The van der Waals surface area contributed by atoms with Gasteiger partial charge in [0.2, 0.25) is 0 Å². The van der Waals surface area contributed by atoms with Gasteiger partial charge in [-0.3, -0.25) is 4.79 Å². The molecule has 2 unspecified atom stereocenters. The van der Waals surface area contributed by atoms with Crippen LogP contribution in [0.4, 0.5) is 0 Å². The van der Waals surface area contributed by atoms with Gasteiger partial charge in [-0.15, -0.1) is 0 Å². The van der Waals surface area contributed by atoms with Crippen LogP contribution in [0.2, 0.25) is 0 Å². The number of phenolic OH excluding ortho intramolecular Hbond substituents is 1. The fourth-order valence-corrected chi connectivity index (χ4v) is 2.27. The number of aryl methyl sites for hydroxylation is 1. The third-order valence-corrected chi connectivity index (χ3v) is 3.51. The summed E-state index contributed by atoms with van der Waals surface area (Å²) in [5.74, 6) is 0.486. The van der Waals surface area contributed by atoms with Gasteiger partial charge in [0, 0.05) is 24.6 Å². The van der Waals surface area contributed by atoms with Crippen LogP contribution in [0.25, 0.3) is 0 Å². The maximum Gasteiger partial charge on any atom is 0.251 e. The van der Waals surface area contributed by atoms with Gasteiger partial charge in [0.25, 0.3) is 5.91 Å². The van der Waals surface area contributed by atoms with Crippen molar-refractivity contribution in [3.63, 3.8) is 0 Å². The van der Waals surface area contributed by atoms with E-state index in [9.17, 15) is 9.90 Å². The first-order valence-electron chi connectivity index (χ1n) is 6.27. The van der Waals surface area contributed by atoms with Crippen LogP contribution in [0, 0.1) is 12.8 Å². The van der Waals surface area contributed by atoms with E-state index in [0.29, 0.717) is 18.0 Å². The van der Waals surface area contributed by atoms with Crippen molar-refractivity contribution in [2.75, 3.05) is 13.2 Å². The molecule has 1 aliphatic heterocycles. The van der Waals surface area contributed by atoms with Crippen molar-refractivity contribution < 1.29 is 14.6 Å². The Kier molecular flexibility index (Phi) is 3.87. The molecule has 98 valence electrons. The molecule has 1 amide bonds. The summed E-state index contributed by atoms with van der Waals surface area (Å²) >= 11 is 0. The van der Waals surface area contributed by atoms with Crippen LogP contribution < -0.4 is 5.32 Å². The molecule has 0 aromatic heterocycles. The molecule has 4 heteroatoms. The third-order valence-electron chi connectivity index (χ3n) is 3.51. The summed E-state index contributed by atoms with van der Waals surface area (Å²) < 4.78 is 5.46. The Bertz CT molecular complexity index is 445. The predicted octanol–water partition coefficient (Wildman–Crippen LogP) is 1.86. The average Bonchev–Trinajstić information content (AvgIpc) is 2.72. The Balaban J connectivity index is 1.95. The second-order valence-corrected chi connectivity index (χ2v) is 4.83. The van der Waals surface area contributed by atoms with Crippen molar-refractivity contribution in [1.82, 2.24) is 5.32 Å². The first-order chi connectivity index (χ1) is 8.58. The van der Waals surface area contributed by atoms with Gasteiger partial charge in [0.1, 0.15) is 5.75 Å². The lowest BCUT2D eigenvalue weighted by atomic mass is 10.0. The Morgan fingerprint density at radius 1 is 1.56 bits per heavy atom. The zero-order chi connectivity index (χ0) is 13.1. The number of hydrogen-bond acceptors (Lipinski definition) is 3. The highest BCUT2D eigenvalue weighted by Crippen LogP contribution is 2.20. The Hall–Kier alpha value is -1.55. The van der Waals surface area contributed by atoms with Crippen molar-refractivity contribution in [3.8, 4) is 5.75 Å². The van der Waals surface area contributed by atoms with E-state index in [4.69, 9.17) is 4.74 Å². The van der Waals surface area contributed by atoms with Gasteiger partial charge in [0.05, 0.1) is 6.10 Å². The minimum atomic E-state index is -0.0911. The number of aromatic hydroxyl groups is 1.